The van der Waals surface area contributed by atoms with E-state index in [0.717, 1.165) is 37.2 Å². The van der Waals surface area contributed by atoms with Gasteiger partial charge in [0.05, 0.1) is 0 Å². The van der Waals surface area contributed by atoms with Gasteiger partial charge in [0.15, 0.2) is 0 Å². The Balaban J connectivity index is 2.42. The number of carboxylic acids is 1. The molecule has 1 fully saturated rings. The molecule has 0 saturated carbocycles. The molecule has 26 heavy (non-hydrogen) atoms. The van der Waals surface area contributed by atoms with Gasteiger partial charge in [0.2, 0.25) is 0 Å². The predicted molar refractivity (Wildman–Crippen MR) is 118 cm³/mol. The van der Waals surface area contributed by atoms with Gasteiger partial charge in [0.1, 0.15) is 11.8 Å². The first kappa shape index (κ1) is 24.2. The number of rotatable bonds is 12. The standard InChI is InChI=1S/C19H35NO3S3/c1-14(15(21)13-19(25-5)8-11-26-12-9-19)7-6-10-20-16(17(22)23)18(2,3)24-4/h14,16,20H,6-13H2,1-5H3,(H,22,23). The van der Waals surface area contributed by atoms with E-state index >= 15 is 0 Å². The highest BCUT2D eigenvalue weighted by Crippen LogP contribution is 2.41. The number of thioether (sulfide) groups is 3. The van der Waals surface area contributed by atoms with Crippen LogP contribution in [-0.4, -0.2) is 63.0 Å². The van der Waals surface area contributed by atoms with Gasteiger partial charge in [-0.3, -0.25) is 9.59 Å². The third-order valence-corrected chi connectivity index (χ3v) is 9.21. The average Bonchev–Trinajstić information content (AvgIpc) is 2.61. The fraction of sp³-hybridized carbons (Fsp3) is 0.895. The molecule has 0 spiro atoms. The lowest BCUT2D eigenvalue weighted by Crippen LogP contribution is -2.50. The number of hydrogen-bond acceptors (Lipinski definition) is 6. The Morgan fingerprint density at radius 1 is 1.27 bits per heavy atom. The van der Waals surface area contributed by atoms with Crippen molar-refractivity contribution in [3.8, 4) is 0 Å². The average molecular weight is 422 g/mol. The molecule has 1 aliphatic rings. The van der Waals surface area contributed by atoms with Gasteiger partial charge in [0, 0.05) is 21.8 Å². The summed E-state index contributed by atoms with van der Waals surface area (Å²) in [6, 6.07) is -0.581. The Morgan fingerprint density at radius 2 is 1.88 bits per heavy atom. The second kappa shape index (κ2) is 11.2. The largest absolute Gasteiger partial charge is 0.480 e. The molecule has 0 aromatic heterocycles. The summed E-state index contributed by atoms with van der Waals surface area (Å²) in [5.74, 6) is 1.92. The highest BCUT2D eigenvalue weighted by molar-refractivity contribution is 8.01. The Hall–Kier alpha value is 0.150. The number of hydrogen-bond donors (Lipinski definition) is 2. The maximum absolute atomic E-state index is 12.7. The van der Waals surface area contributed by atoms with Gasteiger partial charge in [-0.1, -0.05) is 6.92 Å². The van der Waals surface area contributed by atoms with Crippen molar-refractivity contribution >= 4 is 47.0 Å². The quantitative estimate of drug-likeness (QED) is 0.458. The van der Waals surface area contributed by atoms with E-state index < -0.39 is 12.0 Å². The third kappa shape index (κ3) is 7.28. The first-order chi connectivity index (χ1) is 12.2. The van der Waals surface area contributed by atoms with Gasteiger partial charge < -0.3 is 10.4 Å². The summed E-state index contributed by atoms with van der Waals surface area (Å²) in [7, 11) is 0. The number of aliphatic carboxylic acids is 1. The third-order valence-electron chi connectivity index (χ3n) is 5.51. The molecule has 152 valence electrons. The van der Waals surface area contributed by atoms with Crippen molar-refractivity contribution in [3.05, 3.63) is 0 Å². The van der Waals surface area contributed by atoms with Crippen molar-refractivity contribution in [2.24, 2.45) is 5.92 Å². The van der Waals surface area contributed by atoms with Crippen LogP contribution < -0.4 is 5.32 Å². The van der Waals surface area contributed by atoms with Crippen LogP contribution in [-0.2, 0) is 9.59 Å². The molecule has 0 aromatic carbocycles. The lowest BCUT2D eigenvalue weighted by molar-refractivity contribution is -0.140. The summed E-state index contributed by atoms with van der Waals surface area (Å²) in [4.78, 5) is 24.2. The fourth-order valence-corrected chi connectivity index (χ4v) is 6.10. The van der Waals surface area contributed by atoms with Gasteiger partial charge in [-0.15, -0.1) is 0 Å². The maximum atomic E-state index is 12.7. The summed E-state index contributed by atoms with van der Waals surface area (Å²) < 4.78 is -0.220. The molecule has 2 unspecified atom stereocenters. The lowest BCUT2D eigenvalue weighted by Gasteiger charge is -2.35. The minimum Gasteiger partial charge on any atom is -0.480 e. The van der Waals surface area contributed by atoms with E-state index in [1.54, 1.807) is 11.8 Å². The molecule has 7 heteroatoms. The molecule has 2 atom stereocenters. The molecule has 1 heterocycles. The van der Waals surface area contributed by atoms with E-state index in [4.69, 9.17) is 0 Å². The maximum Gasteiger partial charge on any atom is 0.322 e. The van der Waals surface area contributed by atoms with Crippen LogP contribution in [0.2, 0.25) is 0 Å². The molecule has 2 N–H and O–H groups in total. The number of carbonyl (C=O) groups is 2. The summed E-state index contributed by atoms with van der Waals surface area (Å²) in [6.45, 7) is 6.54. The van der Waals surface area contributed by atoms with Crippen molar-refractivity contribution in [2.45, 2.75) is 68.4 Å². The second-order valence-corrected chi connectivity index (χ2v) is 11.7. The summed E-state index contributed by atoms with van der Waals surface area (Å²) in [6.07, 6.45) is 8.65. The first-order valence-electron chi connectivity index (χ1n) is 9.34. The number of Topliss-reactive ketones (excluding diaryl/α,β-unsaturated/α-hetero) is 1. The molecule has 1 aliphatic heterocycles. The fourth-order valence-electron chi connectivity index (χ4n) is 3.25. The van der Waals surface area contributed by atoms with E-state index in [-0.39, 0.29) is 15.4 Å². The minimum atomic E-state index is -0.814. The molecule has 4 nitrogen and oxygen atoms in total. The summed E-state index contributed by atoms with van der Waals surface area (Å²) in [5, 5.41) is 12.6. The van der Waals surface area contributed by atoms with Gasteiger partial charge in [-0.25, -0.2) is 0 Å². The number of nitrogens with one attached hydrogen (secondary N) is 1. The van der Waals surface area contributed by atoms with Crippen LogP contribution in [0.1, 0.15) is 52.9 Å². The van der Waals surface area contributed by atoms with E-state index in [1.165, 1.54) is 0 Å². The molecule has 0 amide bonds. The Bertz CT molecular complexity index is 465. The van der Waals surface area contributed by atoms with Crippen LogP contribution in [0.15, 0.2) is 0 Å². The van der Waals surface area contributed by atoms with Gasteiger partial charge in [-0.2, -0.15) is 35.3 Å². The molecular weight excluding hydrogens is 386 g/mol. The molecule has 0 aromatic rings. The Morgan fingerprint density at radius 3 is 2.38 bits per heavy atom. The molecule has 0 bridgehead atoms. The second-order valence-electron chi connectivity index (χ2n) is 7.72. The van der Waals surface area contributed by atoms with Crippen LogP contribution in [0.3, 0.4) is 0 Å². The SMILES string of the molecule is CSC1(CC(=O)C(C)CCCNC(C(=O)O)C(C)(C)SC)CCSCC1. The number of ketones is 1. The molecule has 0 radical (unpaired) electrons. The minimum absolute atomic E-state index is 0.0484. The van der Waals surface area contributed by atoms with Crippen LogP contribution in [0.5, 0.6) is 0 Å². The Kier molecular flexibility index (Phi) is 10.4. The highest BCUT2D eigenvalue weighted by atomic mass is 32.2. The van der Waals surface area contributed by atoms with Crippen molar-refractivity contribution in [2.75, 3.05) is 30.6 Å². The van der Waals surface area contributed by atoms with Gasteiger partial charge in [-0.05, 0) is 70.1 Å². The molecule has 1 saturated heterocycles. The smallest absolute Gasteiger partial charge is 0.322 e. The topological polar surface area (TPSA) is 66.4 Å². The molecule has 0 aliphatic carbocycles. The number of carbonyl (C=O) groups excluding carboxylic acids is 1. The highest BCUT2D eigenvalue weighted by Gasteiger charge is 2.35. The lowest BCUT2D eigenvalue weighted by atomic mass is 9.88. The zero-order chi connectivity index (χ0) is 19.8. The first-order valence-corrected chi connectivity index (χ1v) is 12.9. The Labute approximate surface area is 171 Å². The van der Waals surface area contributed by atoms with E-state index in [0.29, 0.717) is 18.7 Å². The molecule has 1 rings (SSSR count). The monoisotopic (exact) mass is 421 g/mol. The van der Waals surface area contributed by atoms with Gasteiger partial charge in [0.25, 0.3) is 0 Å². The van der Waals surface area contributed by atoms with Crippen LogP contribution in [0, 0.1) is 5.92 Å². The van der Waals surface area contributed by atoms with Crippen molar-refractivity contribution < 1.29 is 14.7 Å². The van der Waals surface area contributed by atoms with Crippen molar-refractivity contribution in [3.63, 3.8) is 0 Å². The number of carboxylic acid groups (broad SMARTS) is 1. The zero-order valence-electron chi connectivity index (χ0n) is 16.8. The summed E-state index contributed by atoms with van der Waals surface area (Å²) in [5.41, 5.74) is 0. The molecular formula is C19H35NO3S3. The van der Waals surface area contributed by atoms with E-state index in [9.17, 15) is 14.7 Å². The van der Waals surface area contributed by atoms with Crippen LogP contribution >= 0.6 is 35.3 Å². The summed E-state index contributed by atoms with van der Waals surface area (Å²) >= 11 is 5.41. The van der Waals surface area contributed by atoms with Crippen molar-refractivity contribution in [1.29, 1.82) is 0 Å². The van der Waals surface area contributed by atoms with Gasteiger partial charge >= 0.3 is 5.97 Å². The zero-order valence-corrected chi connectivity index (χ0v) is 19.2. The predicted octanol–water partition coefficient (Wildman–Crippen LogP) is 4.18. The van der Waals surface area contributed by atoms with Crippen molar-refractivity contribution in [1.82, 2.24) is 5.32 Å². The van der Waals surface area contributed by atoms with E-state index in [1.807, 2.05) is 50.6 Å². The normalized spacial score (nSPS) is 19.7. The van der Waals surface area contributed by atoms with E-state index in [2.05, 4.69) is 11.6 Å². The van der Waals surface area contributed by atoms with Crippen LogP contribution in [0.25, 0.3) is 0 Å². The van der Waals surface area contributed by atoms with Crippen LogP contribution in [0.4, 0.5) is 0 Å².